The fourth-order valence-electron chi connectivity index (χ4n) is 1.91. The summed E-state index contributed by atoms with van der Waals surface area (Å²) in [6.07, 6.45) is -4.43. The van der Waals surface area contributed by atoms with Crippen LogP contribution in [0.5, 0.6) is 0 Å². The van der Waals surface area contributed by atoms with E-state index in [1.165, 1.54) is 26.2 Å². The van der Waals surface area contributed by atoms with Crippen LogP contribution >= 0.6 is 11.8 Å². The Balaban J connectivity index is 2.07. The van der Waals surface area contributed by atoms with E-state index in [9.17, 15) is 22.8 Å². The van der Waals surface area contributed by atoms with Crippen LogP contribution < -0.4 is 0 Å². The van der Waals surface area contributed by atoms with Crippen LogP contribution in [0.2, 0.25) is 0 Å². The minimum absolute atomic E-state index is 0.0325. The third kappa shape index (κ3) is 6.23. The number of carbonyl (C=O) groups excluding carboxylic acids is 2. The molecule has 0 bridgehead atoms. The van der Waals surface area contributed by atoms with Crippen molar-refractivity contribution in [3.63, 3.8) is 0 Å². The highest BCUT2D eigenvalue weighted by molar-refractivity contribution is 7.99. The highest BCUT2D eigenvalue weighted by Crippen LogP contribution is 2.32. The van der Waals surface area contributed by atoms with Crippen LogP contribution in [0.25, 0.3) is 0 Å². The van der Waals surface area contributed by atoms with E-state index in [2.05, 4.69) is 14.8 Å². The lowest BCUT2D eigenvalue weighted by atomic mass is 10.2. The summed E-state index contributed by atoms with van der Waals surface area (Å²) >= 11 is 0.974. The Morgan fingerprint density at radius 3 is 2.43 bits per heavy atom. The summed E-state index contributed by atoms with van der Waals surface area (Å²) in [5.41, 5.74) is -0.772. The molecule has 0 N–H and O–H groups in total. The third-order valence-corrected chi connectivity index (χ3v) is 4.02. The predicted molar refractivity (Wildman–Crippen MR) is 89.5 cm³/mol. The van der Waals surface area contributed by atoms with Crippen LogP contribution in [0.15, 0.2) is 34.3 Å². The number of rotatable bonds is 8. The summed E-state index contributed by atoms with van der Waals surface area (Å²) in [4.78, 5) is 27.0. The Kier molecular flexibility index (Phi) is 7.40. The number of esters is 2. The molecule has 0 fully saturated rings. The zero-order valence-electron chi connectivity index (χ0n) is 14.9. The summed E-state index contributed by atoms with van der Waals surface area (Å²) in [7, 11) is 1.17. The molecule has 1 aromatic heterocycles. The Morgan fingerprint density at radius 2 is 1.86 bits per heavy atom. The molecule has 152 valence electrons. The predicted octanol–water partition coefficient (Wildman–Crippen LogP) is 2.77. The second kappa shape index (κ2) is 9.55. The number of carbonyl (C=O) groups is 2. The van der Waals surface area contributed by atoms with E-state index in [4.69, 9.17) is 9.47 Å². The van der Waals surface area contributed by atoms with E-state index in [1.54, 1.807) is 0 Å². The molecule has 0 radical (unpaired) electrons. The second-order valence-corrected chi connectivity index (χ2v) is 6.25. The highest BCUT2D eigenvalue weighted by atomic mass is 32.2. The van der Waals surface area contributed by atoms with Crippen molar-refractivity contribution in [2.24, 2.45) is 0 Å². The summed E-state index contributed by atoms with van der Waals surface area (Å²) in [5.74, 6) is -1.34. The van der Waals surface area contributed by atoms with Gasteiger partial charge in [-0.3, -0.25) is 4.79 Å². The molecule has 0 amide bonds. The number of hydrogen-bond acceptors (Lipinski definition) is 8. The molecular weight excluding hydrogens is 403 g/mol. The van der Waals surface area contributed by atoms with Gasteiger partial charge in [-0.2, -0.15) is 18.2 Å². The molecule has 12 heteroatoms. The van der Waals surface area contributed by atoms with Crippen molar-refractivity contribution >= 4 is 23.7 Å². The van der Waals surface area contributed by atoms with E-state index >= 15 is 0 Å². The summed E-state index contributed by atoms with van der Waals surface area (Å²) < 4.78 is 53.6. The van der Waals surface area contributed by atoms with E-state index in [1.807, 2.05) is 0 Å². The minimum atomic E-state index is -4.43. The molecule has 0 saturated heterocycles. The molecular formula is C16H16F3N3O5S. The Morgan fingerprint density at radius 1 is 1.18 bits per heavy atom. The van der Waals surface area contributed by atoms with Crippen molar-refractivity contribution in [2.75, 3.05) is 20.3 Å². The molecule has 28 heavy (non-hydrogen) atoms. The summed E-state index contributed by atoms with van der Waals surface area (Å²) in [6.45, 7) is 1.20. The average molecular weight is 419 g/mol. The van der Waals surface area contributed by atoms with Crippen molar-refractivity contribution in [1.29, 1.82) is 0 Å². The first-order valence-electron chi connectivity index (χ1n) is 7.80. The minimum Gasteiger partial charge on any atom is -0.463 e. The number of hydrogen-bond donors (Lipinski definition) is 0. The number of benzene rings is 1. The van der Waals surface area contributed by atoms with Gasteiger partial charge in [0.2, 0.25) is 11.0 Å². The van der Waals surface area contributed by atoms with Gasteiger partial charge >= 0.3 is 18.1 Å². The van der Waals surface area contributed by atoms with Gasteiger partial charge < -0.3 is 14.2 Å². The first-order valence-corrected chi connectivity index (χ1v) is 8.61. The fraction of sp³-hybridized carbons (Fsp3) is 0.375. The van der Waals surface area contributed by atoms with Crippen molar-refractivity contribution < 1.29 is 37.0 Å². The molecule has 0 unspecified atom stereocenters. The topological polar surface area (TPSA) is 92.5 Å². The largest absolute Gasteiger partial charge is 0.463 e. The maximum Gasteiger partial charge on any atom is 0.416 e. The highest BCUT2D eigenvalue weighted by Gasteiger charge is 2.30. The Hall–Kier alpha value is -2.60. The number of halogens is 3. The summed E-state index contributed by atoms with van der Waals surface area (Å²) in [5, 5.41) is 4.22. The fourth-order valence-corrected chi connectivity index (χ4v) is 2.66. The zero-order chi connectivity index (χ0) is 20.7. The van der Waals surface area contributed by atoms with Crippen LogP contribution in [-0.2, 0) is 31.9 Å². The van der Waals surface area contributed by atoms with Crippen molar-refractivity contribution in [2.45, 2.75) is 29.9 Å². The van der Waals surface area contributed by atoms with Gasteiger partial charge in [0.15, 0.2) is 0 Å². The smallest absolute Gasteiger partial charge is 0.416 e. The van der Waals surface area contributed by atoms with Crippen LogP contribution in [-0.4, -0.2) is 47.0 Å². The van der Waals surface area contributed by atoms with Crippen LogP contribution in [0.3, 0.4) is 0 Å². The lowest BCUT2D eigenvalue weighted by Crippen LogP contribution is -2.16. The SMILES string of the molecule is COC(=O)c1nc(Sc2ccc(C(F)(F)F)cc2)nn1COCCOC(C)=O. The number of ether oxygens (including phenoxy) is 3. The lowest BCUT2D eigenvalue weighted by molar-refractivity contribution is -0.143. The molecule has 0 aliphatic carbocycles. The second-order valence-electron chi connectivity index (χ2n) is 5.21. The van der Waals surface area contributed by atoms with Gasteiger partial charge in [0, 0.05) is 11.8 Å². The molecule has 0 saturated carbocycles. The quantitative estimate of drug-likeness (QED) is 0.476. The zero-order valence-corrected chi connectivity index (χ0v) is 15.7. The molecule has 0 atom stereocenters. The van der Waals surface area contributed by atoms with E-state index in [0.717, 1.165) is 28.6 Å². The monoisotopic (exact) mass is 419 g/mol. The van der Waals surface area contributed by atoms with Crippen molar-refractivity contribution in [3.8, 4) is 0 Å². The Labute approximate surface area is 162 Å². The maximum absolute atomic E-state index is 12.6. The molecule has 8 nitrogen and oxygen atoms in total. The molecule has 2 aromatic rings. The van der Waals surface area contributed by atoms with Gasteiger partial charge in [0.05, 0.1) is 19.3 Å². The van der Waals surface area contributed by atoms with Gasteiger partial charge in [-0.1, -0.05) is 0 Å². The number of methoxy groups -OCH3 is 1. The molecule has 2 rings (SSSR count). The third-order valence-electron chi connectivity index (χ3n) is 3.16. The average Bonchev–Trinajstić information content (AvgIpc) is 3.02. The van der Waals surface area contributed by atoms with Gasteiger partial charge in [-0.25, -0.2) is 9.48 Å². The first-order chi connectivity index (χ1) is 13.2. The normalized spacial score (nSPS) is 11.3. The van der Waals surface area contributed by atoms with E-state index in [-0.39, 0.29) is 30.9 Å². The molecule has 0 aliphatic heterocycles. The van der Waals surface area contributed by atoms with Crippen LogP contribution in [0, 0.1) is 0 Å². The number of nitrogens with zero attached hydrogens (tertiary/aromatic N) is 3. The van der Waals surface area contributed by atoms with Gasteiger partial charge in [-0.15, -0.1) is 5.10 Å². The van der Waals surface area contributed by atoms with Gasteiger partial charge in [-0.05, 0) is 36.0 Å². The number of aromatic nitrogens is 3. The molecule has 0 spiro atoms. The van der Waals surface area contributed by atoms with Gasteiger partial charge in [0.25, 0.3) is 0 Å². The maximum atomic E-state index is 12.6. The van der Waals surface area contributed by atoms with Crippen LogP contribution in [0.4, 0.5) is 13.2 Å². The first kappa shape index (κ1) is 21.7. The van der Waals surface area contributed by atoms with E-state index in [0.29, 0.717) is 4.90 Å². The molecule has 1 aromatic carbocycles. The van der Waals surface area contributed by atoms with Crippen LogP contribution in [0.1, 0.15) is 23.1 Å². The lowest BCUT2D eigenvalue weighted by Gasteiger charge is -2.06. The standard InChI is InChI=1S/C16H16F3N3O5S/c1-10(23)27-8-7-26-9-22-13(14(24)25-2)20-15(21-22)28-12-5-3-11(4-6-12)16(17,18)19/h3-6H,7-9H2,1-2H3. The Bertz CT molecular complexity index is 824. The molecule has 0 aliphatic rings. The number of alkyl halides is 3. The summed E-state index contributed by atoms with van der Waals surface area (Å²) in [6, 6.07) is 4.45. The van der Waals surface area contributed by atoms with Crippen molar-refractivity contribution in [1.82, 2.24) is 14.8 Å². The van der Waals surface area contributed by atoms with Gasteiger partial charge in [0.1, 0.15) is 13.3 Å². The van der Waals surface area contributed by atoms with E-state index < -0.39 is 23.7 Å². The van der Waals surface area contributed by atoms with Crippen molar-refractivity contribution in [3.05, 3.63) is 35.7 Å². The molecule has 1 heterocycles.